The van der Waals surface area contributed by atoms with Gasteiger partial charge in [-0.25, -0.2) is 0 Å². The highest BCUT2D eigenvalue weighted by molar-refractivity contribution is 5.85. The maximum atomic E-state index is 5.63. The first-order valence-corrected chi connectivity index (χ1v) is 6.96. The molecule has 0 unspecified atom stereocenters. The molecule has 0 radical (unpaired) electrons. The number of nitrogens with two attached hydrogens (primary N) is 1. The van der Waals surface area contributed by atoms with Crippen LogP contribution in [0.3, 0.4) is 0 Å². The molecule has 0 saturated carbocycles. The molecule has 0 fully saturated rings. The summed E-state index contributed by atoms with van der Waals surface area (Å²) in [6.45, 7) is 8.41. The molecule has 2 heteroatoms. The molecule has 0 spiro atoms. The first-order chi connectivity index (χ1) is 8.67. The Morgan fingerprint density at radius 3 is 2.56 bits per heavy atom. The summed E-state index contributed by atoms with van der Waals surface area (Å²) in [5.74, 6) is 0. The van der Waals surface area contributed by atoms with Gasteiger partial charge in [-0.15, -0.1) is 0 Å². The largest absolute Gasteiger partial charge is 0.347 e. The smallest absolute Gasteiger partial charge is 0.0486 e. The number of hydrogen-bond donors (Lipinski definition) is 1. The van der Waals surface area contributed by atoms with Gasteiger partial charge < -0.3 is 10.3 Å². The van der Waals surface area contributed by atoms with Crippen LogP contribution in [0.25, 0.3) is 10.9 Å². The van der Waals surface area contributed by atoms with Gasteiger partial charge in [0.25, 0.3) is 0 Å². The molecule has 0 atom stereocenters. The lowest BCUT2D eigenvalue weighted by Gasteiger charge is -2.06. The minimum Gasteiger partial charge on any atom is -0.347 e. The van der Waals surface area contributed by atoms with E-state index < -0.39 is 0 Å². The second-order valence-electron chi connectivity index (χ2n) is 5.19. The monoisotopic (exact) mass is 244 g/mol. The highest BCUT2D eigenvalue weighted by Crippen LogP contribution is 2.26. The molecule has 2 rings (SSSR count). The van der Waals surface area contributed by atoms with Crippen LogP contribution in [0.4, 0.5) is 0 Å². The predicted molar refractivity (Wildman–Crippen MR) is 79.1 cm³/mol. The first-order valence-electron chi connectivity index (χ1n) is 6.96. The Kier molecular flexibility index (Phi) is 4.07. The van der Waals surface area contributed by atoms with Gasteiger partial charge in [0.15, 0.2) is 0 Å². The fraction of sp³-hybridized carbons (Fsp3) is 0.500. The van der Waals surface area contributed by atoms with Gasteiger partial charge >= 0.3 is 0 Å². The van der Waals surface area contributed by atoms with Gasteiger partial charge in [-0.05, 0) is 62.1 Å². The molecule has 0 aliphatic rings. The van der Waals surface area contributed by atoms with E-state index in [0.717, 1.165) is 25.9 Å². The zero-order chi connectivity index (χ0) is 13.1. The highest BCUT2D eigenvalue weighted by atomic mass is 15.0. The fourth-order valence-electron chi connectivity index (χ4n) is 2.54. The van der Waals surface area contributed by atoms with Crippen LogP contribution in [-0.2, 0) is 13.0 Å². The molecule has 1 heterocycles. The second kappa shape index (κ2) is 5.57. The number of fused-ring (bicyclic) bond motifs is 1. The van der Waals surface area contributed by atoms with Crippen molar-refractivity contribution in [2.24, 2.45) is 5.73 Å². The highest BCUT2D eigenvalue weighted by Gasteiger charge is 2.09. The lowest BCUT2D eigenvalue weighted by Crippen LogP contribution is -2.04. The molecule has 98 valence electrons. The van der Waals surface area contributed by atoms with Crippen molar-refractivity contribution in [2.75, 3.05) is 6.54 Å². The predicted octanol–water partition coefficient (Wildman–Crippen LogP) is 3.56. The minimum atomic E-state index is 0.758. The van der Waals surface area contributed by atoms with Crippen LogP contribution >= 0.6 is 0 Å². The summed E-state index contributed by atoms with van der Waals surface area (Å²) in [6.07, 6.45) is 5.72. The van der Waals surface area contributed by atoms with Crippen molar-refractivity contribution in [1.82, 2.24) is 4.57 Å². The van der Waals surface area contributed by atoms with E-state index in [1.54, 1.807) is 0 Å². The first kappa shape index (κ1) is 13.2. The van der Waals surface area contributed by atoms with Crippen LogP contribution in [0.15, 0.2) is 18.3 Å². The van der Waals surface area contributed by atoms with E-state index in [-0.39, 0.29) is 0 Å². The molecule has 1 aromatic carbocycles. The summed E-state index contributed by atoms with van der Waals surface area (Å²) in [7, 11) is 0. The molecule has 0 bridgehead atoms. The molecular formula is C16H24N2. The molecule has 2 N–H and O–H groups in total. The van der Waals surface area contributed by atoms with Gasteiger partial charge in [0.1, 0.15) is 0 Å². The Labute approximate surface area is 110 Å². The van der Waals surface area contributed by atoms with Crippen LogP contribution in [0.1, 0.15) is 36.5 Å². The Balaban J connectivity index is 2.53. The molecule has 1 aromatic heterocycles. The van der Waals surface area contributed by atoms with Crippen LogP contribution in [0, 0.1) is 13.8 Å². The Hall–Kier alpha value is -1.28. The van der Waals surface area contributed by atoms with Crippen molar-refractivity contribution < 1.29 is 0 Å². The van der Waals surface area contributed by atoms with E-state index in [1.807, 2.05) is 0 Å². The topological polar surface area (TPSA) is 30.9 Å². The normalized spacial score (nSPS) is 11.3. The van der Waals surface area contributed by atoms with Crippen LogP contribution in [-0.4, -0.2) is 11.1 Å². The zero-order valence-electron chi connectivity index (χ0n) is 11.8. The molecule has 0 amide bonds. The van der Waals surface area contributed by atoms with Gasteiger partial charge in [0.05, 0.1) is 0 Å². The summed E-state index contributed by atoms with van der Waals surface area (Å²) >= 11 is 0. The molecule has 2 aromatic rings. The third kappa shape index (κ3) is 2.44. The summed E-state index contributed by atoms with van der Waals surface area (Å²) in [4.78, 5) is 0. The Morgan fingerprint density at radius 1 is 1.17 bits per heavy atom. The molecule has 18 heavy (non-hydrogen) atoms. The van der Waals surface area contributed by atoms with Gasteiger partial charge in [0, 0.05) is 23.6 Å². The van der Waals surface area contributed by atoms with Crippen molar-refractivity contribution in [3.8, 4) is 0 Å². The zero-order valence-corrected chi connectivity index (χ0v) is 11.8. The average molecular weight is 244 g/mol. The lowest BCUT2D eigenvalue weighted by atomic mass is 10.0. The van der Waals surface area contributed by atoms with Crippen LogP contribution in [0.2, 0.25) is 0 Å². The van der Waals surface area contributed by atoms with Gasteiger partial charge in [-0.2, -0.15) is 0 Å². The van der Waals surface area contributed by atoms with Crippen molar-refractivity contribution in [3.05, 3.63) is 35.0 Å². The Morgan fingerprint density at radius 2 is 1.89 bits per heavy atom. The molecule has 2 nitrogen and oxygen atoms in total. The van der Waals surface area contributed by atoms with E-state index in [1.165, 1.54) is 34.0 Å². The lowest BCUT2D eigenvalue weighted by molar-refractivity contribution is 0.668. The SMILES string of the molecule is CCCc1cn(CCCN)c2cc(C)c(C)cc12. The number of aryl methyl sites for hydroxylation is 4. The molecular weight excluding hydrogens is 220 g/mol. The minimum absolute atomic E-state index is 0.758. The third-order valence-corrected chi connectivity index (χ3v) is 3.70. The van der Waals surface area contributed by atoms with E-state index >= 15 is 0 Å². The Bertz CT molecular complexity index is 538. The van der Waals surface area contributed by atoms with E-state index in [9.17, 15) is 0 Å². The van der Waals surface area contributed by atoms with Crippen LogP contribution < -0.4 is 5.73 Å². The number of nitrogens with zero attached hydrogens (tertiary/aromatic N) is 1. The van der Waals surface area contributed by atoms with Crippen molar-refractivity contribution in [3.63, 3.8) is 0 Å². The van der Waals surface area contributed by atoms with E-state index in [4.69, 9.17) is 5.73 Å². The van der Waals surface area contributed by atoms with Crippen molar-refractivity contribution in [1.29, 1.82) is 0 Å². The summed E-state index contributed by atoms with van der Waals surface area (Å²) < 4.78 is 2.37. The number of hydrogen-bond acceptors (Lipinski definition) is 1. The molecule has 0 saturated heterocycles. The molecule has 0 aliphatic carbocycles. The maximum Gasteiger partial charge on any atom is 0.0486 e. The fourth-order valence-corrected chi connectivity index (χ4v) is 2.54. The molecule has 0 aliphatic heterocycles. The number of rotatable bonds is 5. The van der Waals surface area contributed by atoms with Crippen molar-refractivity contribution in [2.45, 2.75) is 46.6 Å². The number of aromatic nitrogens is 1. The summed E-state index contributed by atoms with van der Waals surface area (Å²) in [5.41, 5.74) is 11.2. The van der Waals surface area contributed by atoms with Gasteiger partial charge in [-0.1, -0.05) is 13.3 Å². The van der Waals surface area contributed by atoms with E-state index in [2.05, 4.69) is 43.7 Å². The van der Waals surface area contributed by atoms with Gasteiger partial charge in [-0.3, -0.25) is 0 Å². The van der Waals surface area contributed by atoms with Gasteiger partial charge in [0.2, 0.25) is 0 Å². The van der Waals surface area contributed by atoms with E-state index in [0.29, 0.717) is 0 Å². The van der Waals surface area contributed by atoms with Crippen LogP contribution in [0.5, 0.6) is 0 Å². The van der Waals surface area contributed by atoms with Crippen molar-refractivity contribution >= 4 is 10.9 Å². The third-order valence-electron chi connectivity index (χ3n) is 3.70. The maximum absolute atomic E-state index is 5.63. The average Bonchev–Trinajstić information content (AvgIpc) is 2.66. The summed E-state index contributed by atoms with van der Waals surface area (Å²) in [5, 5.41) is 1.43. The summed E-state index contributed by atoms with van der Waals surface area (Å²) in [6, 6.07) is 4.66. The second-order valence-corrected chi connectivity index (χ2v) is 5.19. The number of benzene rings is 1. The quantitative estimate of drug-likeness (QED) is 0.856. The standard InChI is InChI=1S/C16H24N2/c1-4-6-14-11-18(8-5-7-17)16-10-13(3)12(2)9-15(14)16/h9-11H,4-8,17H2,1-3H3.